The maximum absolute atomic E-state index is 12.4. The third-order valence-electron chi connectivity index (χ3n) is 2.90. The Balaban J connectivity index is 2.36. The molecule has 0 saturated carbocycles. The first kappa shape index (κ1) is 15.9. The molecule has 1 heterocycles. The van der Waals surface area contributed by atoms with Gasteiger partial charge in [-0.15, -0.1) is 0 Å². The molecule has 1 unspecified atom stereocenters. The summed E-state index contributed by atoms with van der Waals surface area (Å²) in [4.78, 5) is 21.7. The predicted molar refractivity (Wildman–Crippen MR) is 75.9 cm³/mol. The maximum atomic E-state index is 12.4. The number of nitrogens with one attached hydrogen (secondary N) is 1. The quantitative estimate of drug-likeness (QED) is 0.748. The van der Waals surface area contributed by atoms with Gasteiger partial charge in [-0.25, -0.2) is 8.42 Å². The Morgan fingerprint density at radius 2 is 2.00 bits per heavy atom. The normalized spacial score (nSPS) is 12.7. The molecule has 0 spiro atoms. The van der Waals surface area contributed by atoms with Crippen molar-refractivity contribution in [1.82, 2.24) is 4.72 Å². The number of aldehydes is 1. The topological polar surface area (TPSA) is 114 Å². The lowest BCUT2D eigenvalue weighted by molar-refractivity contribution is -0.137. The molecule has 7 nitrogen and oxygen atoms in total. The van der Waals surface area contributed by atoms with Crippen molar-refractivity contribution in [2.75, 3.05) is 0 Å². The van der Waals surface area contributed by atoms with E-state index in [1.807, 2.05) is 0 Å². The number of carboxylic acids is 1. The molecule has 22 heavy (non-hydrogen) atoms. The van der Waals surface area contributed by atoms with Crippen LogP contribution in [0.5, 0.6) is 0 Å². The van der Waals surface area contributed by atoms with Crippen LogP contribution in [0.25, 0.3) is 0 Å². The Labute approximate surface area is 126 Å². The highest BCUT2D eigenvalue weighted by Crippen LogP contribution is 2.22. The molecular formula is C14H13NO6S. The molecule has 0 aliphatic rings. The van der Waals surface area contributed by atoms with Crippen LogP contribution in [0.15, 0.2) is 52.0 Å². The van der Waals surface area contributed by atoms with Gasteiger partial charge in [0.15, 0.2) is 6.29 Å². The van der Waals surface area contributed by atoms with Crippen LogP contribution >= 0.6 is 0 Å². The highest BCUT2D eigenvalue weighted by Gasteiger charge is 2.26. The van der Waals surface area contributed by atoms with Gasteiger partial charge in [0.05, 0.1) is 23.6 Å². The molecule has 0 radical (unpaired) electrons. The highest BCUT2D eigenvalue weighted by molar-refractivity contribution is 7.89. The first-order chi connectivity index (χ1) is 10.4. The smallest absolute Gasteiger partial charge is 0.305 e. The van der Waals surface area contributed by atoms with Gasteiger partial charge >= 0.3 is 5.97 Å². The summed E-state index contributed by atoms with van der Waals surface area (Å²) in [6.07, 6.45) is 1.25. The van der Waals surface area contributed by atoms with Crippen molar-refractivity contribution in [3.63, 3.8) is 0 Å². The minimum Gasteiger partial charge on any atom is -0.481 e. The van der Waals surface area contributed by atoms with E-state index in [0.29, 0.717) is 6.29 Å². The Morgan fingerprint density at radius 1 is 1.27 bits per heavy atom. The van der Waals surface area contributed by atoms with Crippen LogP contribution in [0.2, 0.25) is 0 Å². The number of carbonyl (C=O) groups is 2. The lowest BCUT2D eigenvalue weighted by Crippen LogP contribution is -2.30. The Bertz CT molecular complexity index is 766. The van der Waals surface area contributed by atoms with Gasteiger partial charge in [0.2, 0.25) is 10.0 Å². The summed E-state index contributed by atoms with van der Waals surface area (Å²) in [5.74, 6) is -1.01. The van der Waals surface area contributed by atoms with Gasteiger partial charge < -0.3 is 9.52 Å². The highest BCUT2D eigenvalue weighted by atomic mass is 32.2. The van der Waals surface area contributed by atoms with Crippen molar-refractivity contribution < 1.29 is 27.5 Å². The summed E-state index contributed by atoms with van der Waals surface area (Å²) in [6, 6.07) is 7.56. The van der Waals surface area contributed by atoms with Gasteiger partial charge in [0.25, 0.3) is 0 Å². The van der Waals surface area contributed by atoms with Gasteiger partial charge in [0, 0.05) is 5.56 Å². The van der Waals surface area contributed by atoms with Gasteiger partial charge in [-0.3, -0.25) is 9.59 Å². The van der Waals surface area contributed by atoms with Crippen LogP contribution in [-0.2, 0) is 14.8 Å². The third kappa shape index (κ3) is 3.60. The van der Waals surface area contributed by atoms with Crippen molar-refractivity contribution in [3.05, 3.63) is 54.0 Å². The number of hydrogen-bond acceptors (Lipinski definition) is 5. The van der Waals surface area contributed by atoms with E-state index in [-0.39, 0.29) is 16.2 Å². The summed E-state index contributed by atoms with van der Waals surface area (Å²) in [5.41, 5.74) is -0.0106. The van der Waals surface area contributed by atoms with Crippen LogP contribution in [0.1, 0.15) is 28.6 Å². The molecule has 0 fully saturated rings. The van der Waals surface area contributed by atoms with E-state index in [1.165, 1.54) is 42.7 Å². The second-order valence-corrected chi connectivity index (χ2v) is 6.13. The molecule has 2 N–H and O–H groups in total. The number of benzene rings is 1. The van der Waals surface area contributed by atoms with Gasteiger partial charge in [-0.2, -0.15) is 4.72 Å². The standard InChI is InChI=1S/C14H13NO6S/c16-9-10-4-1-2-6-13(10)22(19,20)15-11(8-14(17)18)12-5-3-7-21-12/h1-7,9,11,15H,8H2,(H,17,18). The molecule has 2 rings (SSSR count). The molecule has 1 aromatic heterocycles. The molecule has 8 heteroatoms. The molecule has 0 amide bonds. The maximum Gasteiger partial charge on any atom is 0.305 e. The number of carbonyl (C=O) groups excluding carboxylic acids is 1. The zero-order valence-electron chi connectivity index (χ0n) is 11.3. The minimum absolute atomic E-state index is 0.0106. The van der Waals surface area contributed by atoms with Crippen molar-refractivity contribution in [2.45, 2.75) is 17.4 Å². The van der Waals surface area contributed by atoms with E-state index < -0.39 is 28.5 Å². The van der Waals surface area contributed by atoms with Crippen molar-refractivity contribution in [2.24, 2.45) is 0 Å². The first-order valence-electron chi connectivity index (χ1n) is 6.26. The molecule has 116 valence electrons. The number of hydrogen-bond donors (Lipinski definition) is 2. The van der Waals surface area contributed by atoms with Crippen molar-refractivity contribution in [3.8, 4) is 0 Å². The molecule has 2 aromatic rings. The number of rotatable bonds is 7. The molecule has 0 aliphatic carbocycles. The number of aliphatic carboxylic acids is 1. The molecule has 0 aliphatic heterocycles. The van der Waals surface area contributed by atoms with E-state index in [4.69, 9.17) is 9.52 Å². The fraction of sp³-hybridized carbons (Fsp3) is 0.143. The average Bonchev–Trinajstić information content (AvgIpc) is 3.00. The zero-order chi connectivity index (χ0) is 16.2. The molecule has 0 bridgehead atoms. The van der Waals surface area contributed by atoms with Crippen LogP contribution in [0, 0.1) is 0 Å². The zero-order valence-corrected chi connectivity index (χ0v) is 12.1. The summed E-state index contributed by atoms with van der Waals surface area (Å²) < 4.78 is 32.1. The lowest BCUT2D eigenvalue weighted by Gasteiger charge is -2.15. The SMILES string of the molecule is O=Cc1ccccc1S(=O)(=O)NC(CC(=O)O)c1ccco1. The van der Waals surface area contributed by atoms with Crippen molar-refractivity contribution in [1.29, 1.82) is 0 Å². The number of furan rings is 1. The van der Waals surface area contributed by atoms with Crippen LogP contribution in [0.3, 0.4) is 0 Å². The van der Waals surface area contributed by atoms with Crippen LogP contribution in [0.4, 0.5) is 0 Å². The predicted octanol–water partition coefficient (Wildman–Crippen LogP) is 1.59. The lowest BCUT2D eigenvalue weighted by atomic mass is 10.2. The molecule has 1 atom stereocenters. The van der Waals surface area contributed by atoms with E-state index in [2.05, 4.69) is 4.72 Å². The summed E-state index contributed by atoms with van der Waals surface area (Å²) in [6.45, 7) is 0. The Kier molecular flexibility index (Phi) is 4.74. The summed E-state index contributed by atoms with van der Waals surface area (Å²) in [5, 5.41) is 8.92. The average molecular weight is 323 g/mol. The van der Waals surface area contributed by atoms with Gasteiger partial charge in [-0.05, 0) is 18.2 Å². The number of sulfonamides is 1. The largest absolute Gasteiger partial charge is 0.481 e. The second kappa shape index (κ2) is 6.54. The van der Waals surface area contributed by atoms with E-state index >= 15 is 0 Å². The van der Waals surface area contributed by atoms with Crippen LogP contribution < -0.4 is 4.72 Å². The molecular weight excluding hydrogens is 310 g/mol. The Morgan fingerprint density at radius 3 is 2.59 bits per heavy atom. The monoisotopic (exact) mass is 323 g/mol. The fourth-order valence-corrected chi connectivity index (χ4v) is 3.32. The third-order valence-corrected chi connectivity index (χ3v) is 4.44. The molecule has 1 aromatic carbocycles. The fourth-order valence-electron chi connectivity index (χ4n) is 1.94. The van der Waals surface area contributed by atoms with Crippen molar-refractivity contribution >= 4 is 22.3 Å². The summed E-state index contributed by atoms with van der Waals surface area (Å²) >= 11 is 0. The molecule has 0 saturated heterocycles. The summed E-state index contributed by atoms with van der Waals surface area (Å²) in [7, 11) is -4.08. The van der Waals surface area contributed by atoms with E-state index in [9.17, 15) is 18.0 Å². The second-order valence-electron chi connectivity index (χ2n) is 4.44. The number of carboxylic acid groups (broad SMARTS) is 1. The van der Waals surface area contributed by atoms with Gasteiger partial charge in [0.1, 0.15) is 5.76 Å². The minimum atomic E-state index is -4.08. The van der Waals surface area contributed by atoms with Gasteiger partial charge in [-0.1, -0.05) is 18.2 Å². The Hall–Kier alpha value is -2.45. The van der Waals surface area contributed by atoms with E-state index in [0.717, 1.165) is 0 Å². The van der Waals surface area contributed by atoms with Crippen LogP contribution in [-0.4, -0.2) is 25.8 Å². The van der Waals surface area contributed by atoms with E-state index in [1.54, 1.807) is 0 Å². The first-order valence-corrected chi connectivity index (χ1v) is 7.74.